The molecule has 3 aromatic carbocycles. The number of amides is 1. The Hall–Kier alpha value is -3.96. The lowest BCUT2D eigenvalue weighted by molar-refractivity contribution is 0.0952. The monoisotopic (exact) mass is 647 g/mol. The van der Waals surface area contributed by atoms with Crippen LogP contribution in [0.15, 0.2) is 77.4 Å². The number of hydrogen-bond donors (Lipinski definition) is 2. The Morgan fingerprint density at radius 1 is 1.02 bits per heavy atom. The lowest BCUT2D eigenvalue weighted by Gasteiger charge is -2.29. The maximum atomic E-state index is 13.8. The summed E-state index contributed by atoms with van der Waals surface area (Å²) in [6.45, 7) is 1.63. The molecule has 1 saturated carbocycles. The molecule has 5 aromatic rings. The van der Waals surface area contributed by atoms with Gasteiger partial charge in [-0.25, -0.2) is 4.98 Å². The number of aryl methyl sites for hydroxylation is 1. The summed E-state index contributed by atoms with van der Waals surface area (Å²) in [5, 5.41) is 5.00. The number of halogens is 1. The van der Waals surface area contributed by atoms with Crippen molar-refractivity contribution < 1.29 is 4.79 Å². The highest BCUT2D eigenvalue weighted by Gasteiger charge is 2.19. The zero-order valence-corrected chi connectivity index (χ0v) is 27.0. The molecule has 3 N–H and O–H groups in total. The minimum atomic E-state index is -0.148. The van der Waals surface area contributed by atoms with Gasteiger partial charge in [-0.05, 0) is 73.5 Å². The predicted molar refractivity (Wildman–Crippen MR) is 183 cm³/mol. The molecule has 7 heteroatoms. The zero-order valence-electron chi connectivity index (χ0n) is 25.4. The van der Waals surface area contributed by atoms with Crippen LogP contribution in [0, 0.1) is 11.8 Å². The van der Waals surface area contributed by atoms with Crippen LogP contribution < -0.4 is 11.1 Å². The Kier molecular flexibility index (Phi) is 9.13. The second-order valence-corrected chi connectivity index (χ2v) is 12.7. The third-order valence-corrected chi connectivity index (χ3v) is 9.24. The highest BCUT2D eigenvalue weighted by Crippen LogP contribution is 2.33. The van der Waals surface area contributed by atoms with Crippen LogP contribution in [0.2, 0.25) is 0 Å². The lowest BCUT2D eigenvalue weighted by atomic mass is 9.94. The van der Waals surface area contributed by atoms with Gasteiger partial charge in [0.2, 0.25) is 0 Å². The average molecular weight is 649 g/mol. The number of nitrogens with zero attached hydrogens (tertiary/aromatic N) is 3. The average Bonchev–Trinajstić information content (AvgIpc) is 3.38. The molecule has 1 aliphatic rings. The van der Waals surface area contributed by atoms with Crippen molar-refractivity contribution in [1.82, 2.24) is 19.8 Å². The number of carbonyl (C=O) groups is 1. The van der Waals surface area contributed by atoms with E-state index < -0.39 is 0 Å². The van der Waals surface area contributed by atoms with Crippen LogP contribution in [0.4, 0.5) is 0 Å². The molecular weight excluding hydrogens is 610 g/mol. The Balaban J connectivity index is 1.35. The second-order valence-electron chi connectivity index (χ2n) is 11.8. The van der Waals surface area contributed by atoms with E-state index in [2.05, 4.69) is 67.9 Å². The van der Waals surface area contributed by atoms with Gasteiger partial charge < -0.3 is 15.6 Å². The smallest absolute Gasteiger partial charge is 0.252 e. The van der Waals surface area contributed by atoms with E-state index in [1.54, 1.807) is 0 Å². The van der Waals surface area contributed by atoms with Gasteiger partial charge in [0.1, 0.15) is 0 Å². The van der Waals surface area contributed by atoms with E-state index in [1.807, 2.05) is 61.6 Å². The van der Waals surface area contributed by atoms with Gasteiger partial charge in [0.15, 0.2) is 0 Å². The summed E-state index contributed by atoms with van der Waals surface area (Å²) in [5.74, 6) is 6.58. The number of benzene rings is 3. The van der Waals surface area contributed by atoms with Crippen LogP contribution in [0.3, 0.4) is 0 Å². The number of hydrogen-bond acceptors (Lipinski definition) is 4. The molecular formula is C37H38BrN5O. The van der Waals surface area contributed by atoms with Crippen LogP contribution in [0.25, 0.3) is 33.1 Å². The normalized spacial score (nSPS) is 13.8. The lowest BCUT2D eigenvalue weighted by Crippen LogP contribution is -2.33. The van der Waals surface area contributed by atoms with Crippen LogP contribution in [0.5, 0.6) is 0 Å². The molecule has 0 spiro atoms. The molecule has 2 heterocycles. The Morgan fingerprint density at radius 2 is 1.80 bits per heavy atom. The van der Waals surface area contributed by atoms with E-state index in [0.29, 0.717) is 24.7 Å². The van der Waals surface area contributed by atoms with Gasteiger partial charge in [0.05, 0.1) is 23.3 Å². The third kappa shape index (κ3) is 6.58. The first-order chi connectivity index (χ1) is 21.4. The Bertz CT molecular complexity index is 1880. The highest BCUT2D eigenvalue weighted by atomic mass is 79.9. The minimum Gasteiger partial charge on any atom is -0.350 e. The fourth-order valence-electron chi connectivity index (χ4n) is 6.19. The summed E-state index contributed by atoms with van der Waals surface area (Å²) in [5.41, 5.74) is 12.9. The van der Waals surface area contributed by atoms with Crippen LogP contribution in [-0.2, 0) is 20.1 Å². The Morgan fingerprint density at radius 3 is 2.57 bits per heavy atom. The van der Waals surface area contributed by atoms with Gasteiger partial charge in [-0.2, -0.15) is 0 Å². The number of carbonyl (C=O) groups excluding carboxylic acids is 1. The van der Waals surface area contributed by atoms with E-state index in [-0.39, 0.29) is 5.91 Å². The Labute approximate surface area is 267 Å². The number of rotatable bonds is 7. The first kappa shape index (κ1) is 30.1. The van der Waals surface area contributed by atoms with Crippen LogP contribution >= 0.6 is 15.9 Å². The molecule has 44 heavy (non-hydrogen) atoms. The van der Waals surface area contributed by atoms with Gasteiger partial charge in [-0.15, -0.1) is 0 Å². The first-order valence-corrected chi connectivity index (χ1v) is 16.1. The summed E-state index contributed by atoms with van der Waals surface area (Å²) in [6, 6.07) is 22.8. The summed E-state index contributed by atoms with van der Waals surface area (Å²) in [4.78, 5) is 21.3. The van der Waals surface area contributed by atoms with E-state index >= 15 is 0 Å². The standard InChI is InChI=1S/C37H38BrN5O/c1-42(29-8-4-3-5-9-29)18-6-7-25-14-16-34-30(19-25)32(37(44)40-23-27-12-10-26(22-39)11-13-27)21-35(41-34)33-24-43(2)36-17-15-28(38)20-31(33)36/h10-17,19-21,24,29H,3-5,8-9,18,22-23,39H2,1-2H3,(H,40,44). The molecule has 0 radical (unpaired) electrons. The molecule has 6 rings (SSSR count). The van der Waals surface area contributed by atoms with Crippen molar-refractivity contribution in [3.8, 4) is 23.1 Å². The molecule has 2 aromatic heterocycles. The summed E-state index contributed by atoms with van der Waals surface area (Å²) < 4.78 is 3.09. The van der Waals surface area contributed by atoms with E-state index in [4.69, 9.17) is 10.7 Å². The van der Waals surface area contributed by atoms with Crippen molar-refractivity contribution in [3.05, 3.63) is 99.7 Å². The number of nitrogens with one attached hydrogen (secondary N) is 1. The number of pyridine rings is 1. The summed E-state index contributed by atoms with van der Waals surface area (Å²) in [6.07, 6.45) is 8.55. The predicted octanol–water partition coefficient (Wildman–Crippen LogP) is 7.16. The third-order valence-electron chi connectivity index (χ3n) is 8.75. The maximum absolute atomic E-state index is 13.8. The van der Waals surface area contributed by atoms with Gasteiger partial charge in [-0.1, -0.05) is 71.3 Å². The largest absolute Gasteiger partial charge is 0.350 e. The topological polar surface area (TPSA) is 76.2 Å². The van der Waals surface area contributed by atoms with Crippen molar-refractivity contribution >= 4 is 43.6 Å². The van der Waals surface area contributed by atoms with Gasteiger partial charge in [-0.3, -0.25) is 9.69 Å². The molecule has 0 atom stereocenters. The van der Waals surface area contributed by atoms with E-state index in [1.165, 1.54) is 32.1 Å². The van der Waals surface area contributed by atoms with Gasteiger partial charge >= 0.3 is 0 Å². The molecule has 6 nitrogen and oxygen atoms in total. The quantitative estimate of drug-likeness (QED) is 0.184. The minimum absolute atomic E-state index is 0.148. The summed E-state index contributed by atoms with van der Waals surface area (Å²) in [7, 11) is 4.20. The van der Waals surface area contributed by atoms with E-state index in [0.717, 1.165) is 60.8 Å². The summed E-state index contributed by atoms with van der Waals surface area (Å²) >= 11 is 3.62. The van der Waals surface area contributed by atoms with Crippen molar-refractivity contribution in [3.63, 3.8) is 0 Å². The van der Waals surface area contributed by atoms with E-state index in [9.17, 15) is 4.79 Å². The highest BCUT2D eigenvalue weighted by molar-refractivity contribution is 9.10. The fraction of sp³-hybridized carbons (Fsp3) is 0.297. The molecule has 224 valence electrons. The molecule has 0 saturated heterocycles. The molecule has 0 unspecified atom stereocenters. The number of nitrogens with two attached hydrogens (primary N) is 1. The first-order valence-electron chi connectivity index (χ1n) is 15.3. The molecule has 0 aliphatic heterocycles. The van der Waals surface area contributed by atoms with Gasteiger partial charge in [0.25, 0.3) is 5.91 Å². The molecule has 0 bridgehead atoms. The SMILES string of the molecule is CN(CC#Cc1ccc2nc(-c3cn(C)c4ccc(Br)cc34)cc(C(=O)NCc3ccc(CN)cc3)c2c1)C1CCCCC1. The maximum Gasteiger partial charge on any atom is 0.252 e. The van der Waals surface area contributed by atoms with Crippen molar-refractivity contribution in [2.45, 2.75) is 51.2 Å². The van der Waals surface area contributed by atoms with Gasteiger partial charge in [0, 0.05) is 64.3 Å². The number of fused-ring (bicyclic) bond motifs is 2. The van der Waals surface area contributed by atoms with Crippen molar-refractivity contribution in [1.29, 1.82) is 0 Å². The molecule has 1 fully saturated rings. The fourth-order valence-corrected chi connectivity index (χ4v) is 6.55. The number of aromatic nitrogens is 2. The zero-order chi connectivity index (χ0) is 30.6. The molecule has 1 aliphatic carbocycles. The van der Waals surface area contributed by atoms with Crippen LogP contribution in [0.1, 0.15) is 59.2 Å². The van der Waals surface area contributed by atoms with Crippen molar-refractivity contribution in [2.24, 2.45) is 12.8 Å². The molecule has 1 amide bonds. The second kappa shape index (κ2) is 13.4. The van der Waals surface area contributed by atoms with Crippen LogP contribution in [-0.4, -0.2) is 40.0 Å². The van der Waals surface area contributed by atoms with Crippen molar-refractivity contribution in [2.75, 3.05) is 13.6 Å².